The van der Waals surface area contributed by atoms with Gasteiger partial charge in [-0.25, -0.2) is 9.97 Å². The number of nitrogens with zero attached hydrogens (tertiary/aromatic N) is 4. The SMILES string of the molecule is CC1(C)CN(c2nccc(/C(N)=N/O)n2)CC(C)(C)O1. The van der Waals surface area contributed by atoms with Gasteiger partial charge in [0.1, 0.15) is 5.69 Å². The highest BCUT2D eigenvalue weighted by molar-refractivity contribution is 5.95. The number of amidine groups is 1. The normalized spacial score (nSPS) is 21.8. The van der Waals surface area contributed by atoms with Crippen LogP contribution in [0.25, 0.3) is 0 Å². The third kappa shape index (κ3) is 3.16. The molecule has 0 unspecified atom stereocenters. The maximum absolute atomic E-state index is 8.72. The van der Waals surface area contributed by atoms with Crippen molar-refractivity contribution < 1.29 is 9.94 Å². The molecule has 0 saturated carbocycles. The fourth-order valence-electron chi connectivity index (χ4n) is 2.62. The van der Waals surface area contributed by atoms with Gasteiger partial charge in [0.15, 0.2) is 5.84 Å². The highest BCUT2D eigenvalue weighted by Gasteiger charge is 2.39. The third-order valence-electron chi connectivity index (χ3n) is 2.99. The van der Waals surface area contributed by atoms with Crippen LogP contribution in [0.4, 0.5) is 5.95 Å². The Balaban J connectivity index is 2.31. The average molecular weight is 279 g/mol. The number of oxime groups is 1. The van der Waals surface area contributed by atoms with Gasteiger partial charge in [-0.15, -0.1) is 0 Å². The van der Waals surface area contributed by atoms with Crippen LogP contribution in [0.2, 0.25) is 0 Å². The molecular weight excluding hydrogens is 258 g/mol. The second-order valence-electron chi connectivity index (χ2n) is 6.20. The Morgan fingerprint density at radius 2 is 1.95 bits per heavy atom. The monoisotopic (exact) mass is 279 g/mol. The minimum Gasteiger partial charge on any atom is -0.409 e. The summed E-state index contributed by atoms with van der Waals surface area (Å²) in [5.41, 5.74) is 5.38. The van der Waals surface area contributed by atoms with Crippen LogP contribution in [0.1, 0.15) is 33.4 Å². The Bertz CT molecular complexity index is 511. The summed E-state index contributed by atoms with van der Waals surface area (Å²) >= 11 is 0. The van der Waals surface area contributed by atoms with E-state index in [4.69, 9.17) is 15.7 Å². The molecule has 0 aliphatic carbocycles. The highest BCUT2D eigenvalue weighted by Crippen LogP contribution is 2.29. The first-order valence-electron chi connectivity index (χ1n) is 6.48. The Labute approximate surface area is 118 Å². The zero-order valence-corrected chi connectivity index (χ0v) is 12.3. The molecule has 3 N–H and O–H groups in total. The first-order valence-corrected chi connectivity index (χ1v) is 6.48. The zero-order chi connectivity index (χ0) is 15.0. The lowest BCUT2D eigenvalue weighted by atomic mass is 9.99. The van der Waals surface area contributed by atoms with E-state index >= 15 is 0 Å². The van der Waals surface area contributed by atoms with Crippen LogP contribution in [-0.2, 0) is 4.74 Å². The highest BCUT2D eigenvalue weighted by atomic mass is 16.5. The van der Waals surface area contributed by atoms with Crippen LogP contribution >= 0.6 is 0 Å². The van der Waals surface area contributed by atoms with Gasteiger partial charge < -0.3 is 20.6 Å². The Morgan fingerprint density at radius 3 is 2.50 bits per heavy atom. The van der Waals surface area contributed by atoms with Crippen molar-refractivity contribution in [2.45, 2.75) is 38.9 Å². The quantitative estimate of drug-likeness (QED) is 0.362. The average Bonchev–Trinajstić information content (AvgIpc) is 2.34. The summed E-state index contributed by atoms with van der Waals surface area (Å²) in [7, 11) is 0. The van der Waals surface area contributed by atoms with Crippen molar-refractivity contribution in [1.29, 1.82) is 0 Å². The van der Waals surface area contributed by atoms with E-state index in [-0.39, 0.29) is 17.0 Å². The standard InChI is InChI=1S/C13H21N5O2/c1-12(2)7-18(8-13(3,4)20-12)11-15-6-5-9(16-11)10(14)17-19/h5-6,19H,7-8H2,1-4H3,(H2,14,17). The van der Waals surface area contributed by atoms with Crippen LogP contribution < -0.4 is 10.6 Å². The number of anilines is 1. The molecular formula is C13H21N5O2. The van der Waals surface area contributed by atoms with Crippen molar-refractivity contribution in [3.8, 4) is 0 Å². The Hall–Kier alpha value is -1.89. The third-order valence-corrected chi connectivity index (χ3v) is 2.99. The lowest BCUT2D eigenvalue weighted by molar-refractivity contribution is -0.133. The molecule has 0 atom stereocenters. The van der Waals surface area contributed by atoms with E-state index < -0.39 is 0 Å². The number of nitrogens with two attached hydrogens (primary N) is 1. The van der Waals surface area contributed by atoms with Crippen LogP contribution in [0, 0.1) is 0 Å². The van der Waals surface area contributed by atoms with E-state index in [1.807, 2.05) is 27.7 Å². The summed E-state index contributed by atoms with van der Waals surface area (Å²) in [4.78, 5) is 10.7. The summed E-state index contributed by atoms with van der Waals surface area (Å²) in [6, 6.07) is 1.61. The molecule has 0 spiro atoms. The number of ether oxygens (including phenoxy) is 1. The van der Waals surface area contributed by atoms with Gasteiger partial charge in [-0.05, 0) is 33.8 Å². The van der Waals surface area contributed by atoms with E-state index in [0.29, 0.717) is 24.7 Å². The summed E-state index contributed by atoms with van der Waals surface area (Å²) in [6.45, 7) is 9.50. The van der Waals surface area contributed by atoms with E-state index in [2.05, 4.69) is 20.0 Å². The lowest BCUT2D eigenvalue weighted by Gasteiger charge is -2.47. The Morgan fingerprint density at radius 1 is 1.35 bits per heavy atom. The summed E-state index contributed by atoms with van der Waals surface area (Å²) in [5, 5.41) is 11.7. The van der Waals surface area contributed by atoms with Gasteiger partial charge >= 0.3 is 0 Å². The molecule has 0 aromatic carbocycles. The second kappa shape index (κ2) is 4.90. The molecule has 7 heteroatoms. The molecule has 7 nitrogen and oxygen atoms in total. The molecule has 0 radical (unpaired) electrons. The fourth-order valence-corrected chi connectivity index (χ4v) is 2.62. The van der Waals surface area contributed by atoms with Gasteiger partial charge in [-0.2, -0.15) is 0 Å². The van der Waals surface area contributed by atoms with Crippen molar-refractivity contribution in [2.24, 2.45) is 10.9 Å². The molecule has 1 aliphatic heterocycles. The first kappa shape index (κ1) is 14.5. The van der Waals surface area contributed by atoms with Gasteiger partial charge in [0.25, 0.3) is 0 Å². The molecule has 110 valence electrons. The number of hydrogen-bond donors (Lipinski definition) is 2. The molecule has 0 bridgehead atoms. The van der Waals surface area contributed by atoms with Crippen LogP contribution in [-0.4, -0.2) is 45.3 Å². The predicted octanol–water partition coefficient (Wildman–Crippen LogP) is 0.965. The lowest BCUT2D eigenvalue weighted by Crippen LogP contribution is -2.57. The summed E-state index contributed by atoms with van der Waals surface area (Å²) in [5.74, 6) is 0.527. The van der Waals surface area contributed by atoms with Crippen molar-refractivity contribution in [3.63, 3.8) is 0 Å². The van der Waals surface area contributed by atoms with Gasteiger partial charge in [0.05, 0.1) is 11.2 Å². The molecule has 1 aliphatic rings. The van der Waals surface area contributed by atoms with Gasteiger partial charge in [-0.1, -0.05) is 5.16 Å². The molecule has 20 heavy (non-hydrogen) atoms. The van der Waals surface area contributed by atoms with Crippen LogP contribution in [0.5, 0.6) is 0 Å². The smallest absolute Gasteiger partial charge is 0.226 e. The topological polar surface area (TPSA) is 96.9 Å². The van der Waals surface area contributed by atoms with E-state index in [1.165, 1.54) is 0 Å². The second-order valence-corrected chi connectivity index (χ2v) is 6.20. The molecule has 2 heterocycles. The minimum atomic E-state index is -0.294. The van der Waals surface area contributed by atoms with Crippen molar-refractivity contribution in [3.05, 3.63) is 18.0 Å². The largest absolute Gasteiger partial charge is 0.409 e. The molecule has 2 rings (SSSR count). The number of hydrogen-bond acceptors (Lipinski definition) is 6. The summed E-state index contributed by atoms with van der Waals surface area (Å²) in [6.07, 6.45) is 1.60. The number of morpholine rings is 1. The van der Waals surface area contributed by atoms with E-state index in [1.54, 1.807) is 12.3 Å². The summed E-state index contributed by atoms with van der Waals surface area (Å²) < 4.78 is 6.03. The van der Waals surface area contributed by atoms with Crippen molar-refractivity contribution in [1.82, 2.24) is 9.97 Å². The van der Waals surface area contributed by atoms with Gasteiger partial charge in [0.2, 0.25) is 5.95 Å². The van der Waals surface area contributed by atoms with Gasteiger partial charge in [-0.3, -0.25) is 0 Å². The van der Waals surface area contributed by atoms with Crippen LogP contribution in [0.15, 0.2) is 17.4 Å². The zero-order valence-electron chi connectivity index (χ0n) is 12.3. The molecule has 1 fully saturated rings. The fraction of sp³-hybridized carbons (Fsp3) is 0.615. The van der Waals surface area contributed by atoms with E-state index in [0.717, 1.165) is 0 Å². The minimum absolute atomic E-state index is 0.0274. The maximum Gasteiger partial charge on any atom is 0.226 e. The van der Waals surface area contributed by atoms with Crippen molar-refractivity contribution >= 4 is 11.8 Å². The predicted molar refractivity (Wildman–Crippen MR) is 76.0 cm³/mol. The van der Waals surface area contributed by atoms with Crippen molar-refractivity contribution in [2.75, 3.05) is 18.0 Å². The molecule has 1 aromatic rings. The first-order chi connectivity index (χ1) is 9.22. The number of aromatic nitrogens is 2. The van der Waals surface area contributed by atoms with E-state index in [9.17, 15) is 0 Å². The number of rotatable bonds is 2. The Kier molecular flexibility index (Phi) is 3.56. The molecule has 1 aromatic heterocycles. The molecule has 0 amide bonds. The molecule has 1 saturated heterocycles. The van der Waals surface area contributed by atoms with Crippen LogP contribution in [0.3, 0.4) is 0 Å². The van der Waals surface area contributed by atoms with Gasteiger partial charge in [0, 0.05) is 19.3 Å². The maximum atomic E-state index is 8.72.